The summed E-state index contributed by atoms with van der Waals surface area (Å²) in [5.41, 5.74) is 2.34. The normalized spacial score (nSPS) is 11.4. The van der Waals surface area contributed by atoms with Crippen LogP contribution >= 0.6 is 11.6 Å². The number of sulfone groups is 1. The highest BCUT2D eigenvalue weighted by Crippen LogP contribution is 2.34. The Labute approximate surface area is 173 Å². The molecule has 1 heterocycles. The van der Waals surface area contributed by atoms with Gasteiger partial charge in [0.05, 0.1) is 4.90 Å². The van der Waals surface area contributed by atoms with Crippen molar-refractivity contribution < 1.29 is 12.8 Å². The maximum atomic E-state index is 13.2. The zero-order chi connectivity index (χ0) is 20.4. The van der Waals surface area contributed by atoms with E-state index < -0.39 is 9.84 Å². The summed E-state index contributed by atoms with van der Waals surface area (Å²) in [5, 5.41) is 3.42. The second kappa shape index (κ2) is 7.73. The average Bonchev–Trinajstić information content (AvgIpc) is 3.15. The first-order valence-electron chi connectivity index (χ1n) is 8.84. The molecule has 29 heavy (non-hydrogen) atoms. The molecular weight excluding hydrogens is 408 g/mol. The Morgan fingerprint density at radius 1 is 0.931 bits per heavy atom. The number of hydrogen-bond donors (Lipinski definition) is 1. The quantitative estimate of drug-likeness (QED) is 0.433. The van der Waals surface area contributed by atoms with Crippen LogP contribution in [0, 0.1) is 6.92 Å². The summed E-state index contributed by atoms with van der Waals surface area (Å²) in [6, 6.07) is 22.5. The van der Waals surface area contributed by atoms with E-state index in [4.69, 9.17) is 16.0 Å². The number of rotatable bonds is 5. The fourth-order valence-corrected chi connectivity index (χ4v) is 4.25. The molecular formula is C22H17ClN2O3S. The minimum atomic E-state index is -3.89. The van der Waals surface area contributed by atoms with E-state index in [0.717, 1.165) is 5.56 Å². The molecule has 7 heteroatoms. The fraction of sp³-hybridized carbons (Fsp3) is 0.0455. The molecule has 0 aliphatic rings. The molecule has 0 aliphatic carbocycles. The van der Waals surface area contributed by atoms with Crippen LogP contribution < -0.4 is 5.32 Å². The summed E-state index contributed by atoms with van der Waals surface area (Å²) in [4.78, 5) is 4.48. The molecule has 0 radical (unpaired) electrons. The lowest BCUT2D eigenvalue weighted by Gasteiger charge is -2.06. The monoisotopic (exact) mass is 424 g/mol. The smallest absolute Gasteiger partial charge is 0.238 e. The van der Waals surface area contributed by atoms with Gasteiger partial charge in [-0.2, -0.15) is 4.98 Å². The summed E-state index contributed by atoms with van der Waals surface area (Å²) in [6.07, 6.45) is 0. The van der Waals surface area contributed by atoms with Gasteiger partial charge in [0.2, 0.25) is 26.6 Å². The SMILES string of the molecule is Cc1cccc(-c2nc(S(=O)(=O)c3ccccc3)c(Nc3ccc(Cl)cc3)o2)c1. The fourth-order valence-electron chi connectivity index (χ4n) is 2.84. The van der Waals surface area contributed by atoms with Crippen molar-refractivity contribution in [3.8, 4) is 11.5 Å². The summed E-state index contributed by atoms with van der Waals surface area (Å²) in [7, 11) is -3.89. The molecule has 1 aromatic heterocycles. The van der Waals surface area contributed by atoms with Gasteiger partial charge in [-0.1, -0.05) is 47.5 Å². The third kappa shape index (κ3) is 4.04. The largest absolute Gasteiger partial charge is 0.419 e. The van der Waals surface area contributed by atoms with Gasteiger partial charge in [-0.3, -0.25) is 0 Å². The van der Waals surface area contributed by atoms with Crippen LogP contribution in [0.25, 0.3) is 11.5 Å². The van der Waals surface area contributed by atoms with Gasteiger partial charge in [-0.25, -0.2) is 8.42 Å². The molecule has 0 aliphatic heterocycles. The Hall–Kier alpha value is -3.09. The summed E-state index contributed by atoms with van der Waals surface area (Å²) >= 11 is 5.94. The van der Waals surface area contributed by atoms with E-state index in [1.165, 1.54) is 12.1 Å². The van der Waals surface area contributed by atoms with E-state index in [-0.39, 0.29) is 21.7 Å². The first-order valence-corrected chi connectivity index (χ1v) is 10.7. The molecule has 0 spiro atoms. The third-order valence-electron chi connectivity index (χ3n) is 4.27. The van der Waals surface area contributed by atoms with E-state index >= 15 is 0 Å². The van der Waals surface area contributed by atoms with Crippen LogP contribution in [0.4, 0.5) is 11.6 Å². The molecule has 0 atom stereocenters. The van der Waals surface area contributed by atoms with Crippen molar-refractivity contribution in [2.75, 3.05) is 5.32 Å². The van der Waals surface area contributed by atoms with Crippen molar-refractivity contribution in [2.45, 2.75) is 16.8 Å². The van der Waals surface area contributed by atoms with E-state index in [0.29, 0.717) is 16.3 Å². The van der Waals surface area contributed by atoms with E-state index in [1.807, 2.05) is 31.2 Å². The Balaban J connectivity index is 1.84. The number of oxazole rings is 1. The molecule has 0 saturated heterocycles. The van der Waals surface area contributed by atoms with Crippen LogP contribution in [0.3, 0.4) is 0 Å². The Kier molecular flexibility index (Phi) is 5.13. The first-order chi connectivity index (χ1) is 13.9. The van der Waals surface area contributed by atoms with E-state index in [1.54, 1.807) is 42.5 Å². The van der Waals surface area contributed by atoms with Crippen LogP contribution in [-0.2, 0) is 9.84 Å². The number of hydrogen-bond acceptors (Lipinski definition) is 5. The number of aryl methyl sites for hydroxylation is 1. The second-order valence-electron chi connectivity index (χ2n) is 6.47. The lowest BCUT2D eigenvalue weighted by atomic mass is 10.1. The van der Waals surface area contributed by atoms with Gasteiger partial charge < -0.3 is 9.73 Å². The lowest BCUT2D eigenvalue weighted by molar-refractivity contribution is 0.582. The average molecular weight is 425 g/mol. The van der Waals surface area contributed by atoms with Crippen LogP contribution in [0.2, 0.25) is 5.02 Å². The molecule has 5 nitrogen and oxygen atoms in total. The van der Waals surface area contributed by atoms with Crippen molar-refractivity contribution in [1.29, 1.82) is 0 Å². The van der Waals surface area contributed by atoms with Crippen LogP contribution in [0.15, 0.2) is 93.2 Å². The third-order valence-corrected chi connectivity index (χ3v) is 6.20. The number of nitrogens with one attached hydrogen (secondary N) is 1. The number of aromatic nitrogens is 1. The zero-order valence-electron chi connectivity index (χ0n) is 15.5. The minimum absolute atomic E-state index is 0.0488. The minimum Gasteiger partial charge on any atom is -0.419 e. The molecule has 1 N–H and O–H groups in total. The van der Waals surface area contributed by atoms with Gasteiger partial charge in [0.1, 0.15) is 0 Å². The Bertz CT molecular complexity index is 1250. The van der Waals surface area contributed by atoms with E-state index in [9.17, 15) is 8.42 Å². The summed E-state index contributed by atoms with van der Waals surface area (Å²) < 4.78 is 32.3. The molecule has 146 valence electrons. The topological polar surface area (TPSA) is 72.2 Å². The van der Waals surface area contributed by atoms with E-state index in [2.05, 4.69) is 10.3 Å². The highest BCUT2D eigenvalue weighted by molar-refractivity contribution is 7.91. The van der Waals surface area contributed by atoms with Crippen molar-refractivity contribution >= 4 is 33.0 Å². The van der Waals surface area contributed by atoms with Crippen LogP contribution in [0.1, 0.15) is 5.56 Å². The first kappa shape index (κ1) is 19.2. The van der Waals surface area contributed by atoms with Gasteiger partial charge in [-0.05, 0) is 55.5 Å². The molecule has 4 aromatic rings. The lowest BCUT2D eigenvalue weighted by Crippen LogP contribution is -2.05. The number of anilines is 2. The maximum absolute atomic E-state index is 13.2. The predicted molar refractivity (Wildman–Crippen MR) is 113 cm³/mol. The number of nitrogens with zero attached hydrogens (tertiary/aromatic N) is 1. The molecule has 0 saturated carbocycles. The van der Waals surface area contributed by atoms with Gasteiger partial charge in [0, 0.05) is 16.3 Å². The van der Waals surface area contributed by atoms with Gasteiger partial charge in [-0.15, -0.1) is 0 Å². The van der Waals surface area contributed by atoms with Crippen molar-refractivity contribution in [2.24, 2.45) is 0 Å². The van der Waals surface area contributed by atoms with Gasteiger partial charge in [0.15, 0.2) is 0 Å². The number of benzene rings is 3. The van der Waals surface area contributed by atoms with Crippen LogP contribution in [0.5, 0.6) is 0 Å². The molecule has 0 unspecified atom stereocenters. The Morgan fingerprint density at radius 3 is 2.34 bits per heavy atom. The number of halogens is 1. The van der Waals surface area contributed by atoms with Crippen molar-refractivity contribution in [1.82, 2.24) is 4.98 Å². The Morgan fingerprint density at radius 2 is 1.66 bits per heavy atom. The summed E-state index contributed by atoms with van der Waals surface area (Å²) in [5.74, 6) is 0.271. The highest BCUT2D eigenvalue weighted by atomic mass is 35.5. The maximum Gasteiger partial charge on any atom is 0.238 e. The predicted octanol–water partition coefficient (Wildman–Crippen LogP) is 5.88. The van der Waals surface area contributed by atoms with Crippen LogP contribution in [-0.4, -0.2) is 13.4 Å². The molecule has 0 fully saturated rings. The van der Waals surface area contributed by atoms with Gasteiger partial charge in [0.25, 0.3) is 0 Å². The molecule has 4 rings (SSSR count). The zero-order valence-corrected chi connectivity index (χ0v) is 17.0. The highest BCUT2D eigenvalue weighted by Gasteiger charge is 2.28. The van der Waals surface area contributed by atoms with Gasteiger partial charge >= 0.3 is 0 Å². The second-order valence-corrected chi connectivity index (χ2v) is 8.77. The standard InChI is InChI=1S/C22H17ClN2O3S/c1-15-6-5-7-16(14-15)20-25-22(29(26,27)19-8-3-2-4-9-19)21(28-20)24-18-12-10-17(23)11-13-18/h2-14,24H,1H3. The molecule has 0 amide bonds. The summed E-state index contributed by atoms with van der Waals surface area (Å²) in [6.45, 7) is 1.95. The molecule has 3 aromatic carbocycles. The molecule has 0 bridgehead atoms. The van der Waals surface area contributed by atoms with Crippen molar-refractivity contribution in [3.63, 3.8) is 0 Å². The van der Waals surface area contributed by atoms with Crippen molar-refractivity contribution in [3.05, 3.63) is 89.4 Å².